The van der Waals surface area contributed by atoms with Crippen LogP contribution in [0.25, 0.3) is 0 Å². The van der Waals surface area contributed by atoms with Crippen LogP contribution >= 0.6 is 0 Å². The Morgan fingerprint density at radius 1 is 1.00 bits per heavy atom. The predicted molar refractivity (Wildman–Crippen MR) is 104 cm³/mol. The van der Waals surface area contributed by atoms with Crippen molar-refractivity contribution in [1.82, 2.24) is 9.88 Å². The van der Waals surface area contributed by atoms with Gasteiger partial charge in [-0.2, -0.15) is 0 Å². The highest BCUT2D eigenvalue weighted by molar-refractivity contribution is 5.55. The van der Waals surface area contributed by atoms with E-state index in [1.165, 1.54) is 12.3 Å². The van der Waals surface area contributed by atoms with E-state index >= 15 is 0 Å². The number of hydrogen-bond donors (Lipinski definition) is 0. The first kappa shape index (κ1) is 19.7. The Morgan fingerprint density at radius 3 is 2.25 bits per heavy atom. The summed E-state index contributed by atoms with van der Waals surface area (Å²) in [6.07, 6.45) is 1.30. The lowest BCUT2D eigenvalue weighted by molar-refractivity contribution is -0.385. The zero-order chi connectivity index (χ0) is 20.1. The molecular weight excluding hydrogens is 364 g/mol. The minimum Gasteiger partial charge on any atom is -0.493 e. The summed E-state index contributed by atoms with van der Waals surface area (Å²) >= 11 is 0. The Morgan fingerprint density at radius 2 is 1.71 bits per heavy atom. The normalized spacial score (nSPS) is 14.6. The standard InChI is InChI=1S/C19H24N4O5/c1-26-16-6-4-14(18(27-2)19(16)28-3)13-21-8-10-22(11-9-21)17-7-5-15(12-20-17)23(24)25/h4-7,12H,8-11,13H2,1-3H3. The van der Waals surface area contributed by atoms with Gasteiger partial charge in [-0.25, -0.2) is 4.98 Å². The molecule has 1 aliphatic rings. The highest BCUT2D eigenvalue weighted by Gasteiger charge is 2.22. The number of aromatic nitrogens is 1. The average molecular weight is 388 g/mol. The molecule has 0 amide bonds. The quantitative estimate of drug-likeness (QED) is 0.527. The molecule has 9 nitrogen and oxygen atoms in total. The Labute approximate surface area is 163 Å². The second-order valence-corrected chi connectivity index (χ2v) is 6.39. The molecule has 150 valence electrons. The Bertz CT molecular complexity index is 820. The van der Waals surface area contributed by atoms with Crippen molar-refractivity contribution in [2.24, 2.45) is 0 Å². The van der Waals surface area contributed by atoms with Crippen molar-refractivity contribution >= 4 is 11.5 Å². The van der Waals surface area contributed by atoms with Crippen LogP contribution in [0.2, 0.25) is 0 Å². The minimum absolute atomic E-state index is 0.00272. The summed E-state index contributed by atoms with van der Waals surface area (Å²) in [5, 5.41) is 10.8. The van der Waals surface area contributed by atoms with E-state index in [-0.39, 0.29) is 5.69 Å². The number of nitrogens with zero attached hydrogens (tertiary/aromatic N) is 4. The number of pyridine rings is 1. The molecule has 0 spiro atoms. The highest BCUT2D eigenvalue weighted by Crippen LogP contribution is 2.40. The first-order valence-corrected chi connectivity index (χ1v) is 8.93. The Balaban J connectivity index is 1.65. The van der Waals surface area contributed by atoms with Gasteiger partial charge in [-0.3, -0.25) is 15.0 Å². The van der Waals surface area contributed by atoms with Gasteiger partial charge >= 0.3 is 0 Å². The fraction of sp³-hybridized carbons (Fsp3) is 0.421. The number of nitro groups is 1. The molecular formula is C19H24N4O5. The lowest BCUT2D eigenvalue weighted by atomic mass is 10.1. The second-order valence-electron chi connectivity index (χ2n) is 6.39. The SMILES string of the molecule is COc1ccc(CN2CCN(c3ccc([N+](=O)[O-])cn3)CC2)c(OC)c1OC. The Kier molecular flexibility index (Phi) is 6.15. The van der Waals surface area contributed by atoms with Gasteiger partial charge in [0.1, 0.15) is 12.0 Å². The van der Waals surface area contributed by atoms with Crippen LogP contribution < -0.4 is 19.1 Å². The number of rotatable bonds is 7. The zero-order valence-electron chi connectivity index (χ0n) is 16.3. The van der Waals surface area contributed by atoms with Crippen LogP contribution in [0.15, 0.2) is 30.5 Å². The maximum absolute atomic E-state index is 10.8. The summed E-state index contributed by atoms with van der Waals surface area (Å²) in [4.78, 5) is 19.0. The number of ether oxygens (including phenoxy) is 3. The van der Waals surface area contributed by atoms with Crippen molar-refractivity contribution in [1.29, 1.82) is 0 Å². The lowest BCUT2D eigenvalue weighted by Crippen LogP contribution is -2.46. The monoisotopic (exact) mass is 388 g/mol. The molecule has 0 saturated carbocycles. The van der Waals surface area contributed by atoms with Gasteiger partial charge < -0.3 is 19.1 Å². The molecule has 0 N–H and O–H groups in total. The van der Waals surface area contributed by atoms with Crippen LogP contribution in [0.3, 0.4) is 0 Å². The van der Waals surface area contributed by atoms with Crippen LogP contribution in [-0.4, -0.2) is 62.3 Å². The molecule has 1 saturated heterocycles. The molecule has 2 heterocycles. The predicted octanol–water partition coefficient (Wildman–Crippen LogP) is 2.34. The molecule has 28 heavy (non-hydrogen) atoms. The third kappa shape index (κ3) is 4.09. The maximum Gasteiger partial charge on any atom is 0.287 e. The fourth-order valence-corrected chi connectivity index (χ4v) is 3.34. The van der Waals surface area contributed by atoms with Crippen molar-refractivity contribution in [2.45, 2.75) is 6.54 Å². The van der Waals surface area contributed by atoms with Crippen LogP contribution in [0, 0.1) is 10.1 Å². The maximum atomic E-state index is 10.8. The first-order chi connectivity index (χ1) is 13.6. The molecule has 1 fully saturated rings. The van der Waals surface area contributed by atoms with E-state index in [2.05, 4.69) is 14.8 Å². The van der Waals surface area contributed by atoms with Gasteiger partial charge in [0, 0.05) is 44.4 Å². The molecule has 3 rings (SSSR count). The van der Waals surface area contributed by atoms with Gasteiger partial charge in [0.05, 0.1) is 26.3 Å². The third-order valence-electron chi connectivity index (χ3n) is 4.82. The van der Waals surface area contributed by atoms with Gasteiger partial charge in [-0.05, 0) is 12.1 Å². The summed E-state index contributed by atoms with van der Waals surface area (Å²) in [7, 11) is 4.82. The number of piperazine rings is 1. The highest BCUT2D eigenvalue weighted by atomic mass is 16.6. The smallest absolute Gasteiger partial charge is 0.287 e. The summed E-state index contributed by atoms with van der Waals surface area (Å²) < 4.78 is 16.4. The summed E-state index contributed by atoms with van der Waals surface area (Å²) in [5.41, 5.74) is 1.03. The van der Waals surface area contributed by atoms with E-state index < -0.39 is 4.92 Å². The van der Waals surface area contributed by atoms with Crippen LogP contribution in [0.5, 0.6) is 17.2 Å². The largest absolute Gasteiger partial charge is 0.493 e. The van der Waals surface area contributed by atoms with E-state index in [4.69, 9.17) is 14.2 Å². The second kappa shape index (κ2) is 8.75. The molecule has 0 unspecified atom stereocenters. The van der Waals surface area contributed by atoms with Crippen LogP contribution in [-0.2, 0) is 6.54 Å². The Hall–Kier alpha value is -3.07. The number of hydrogen-bond acceptors (Lipinski definition) is 8. The minimum atomic E-state index is -0.439. The van der Waals surface area contributed by atoms with Gasteiger partial charge in [0.2, 0.25) is 5.75 Å². The van der Waals surface area contributed by atoms with Gasteiger partial charge in [0.25, 0.3) is 5.69 Å². The number of anilines is 1. The van der Waals surface area contributed by atoms with Gasteiger partial charge in [-0.15, -0.1) is 0 Å². The van der Waals surface area contributed by atoms with Crippen molar-refractivity contribution in [3.05, 3.63) is 46.1 Å². The summed E-state index contributed by atoms with van der Waals surface area (Å²) in [6.45, 7) is 4.00. The van der Waals surface area contributed by atoms with E-state index in [1.807, 2.05) is 12.1 Å². The number of methoxy groups -OCH3 is 3. The molecule has 1 aliphatic heterocycles. The van der Waals surface area contributed by atoms with E-state index in [9.17, 15) is 10.1 Å². The topological polar surface area (TPSA) is 90.2 Å². The number of benzene rings is 1. The molecule has 2 aromatic rings. The van der Waals surface area contributed by atoms with Crippen LogP contribution in [0.4, 0.5) is 11.5 Å². The van der Waals surface area contributed by atoms with Crippen LogP contribution in [0.1, 0.15) is 5.56 Å². The lowest BCUT2D eigenvalue weighted by Gasteiger charge is -2.35. The van der Waals surface area contributed by atoms with E-state index in [0.29, 0.717) is 17.2 Å². The van der Waals surface area contributed by atoms with Gasteiger partial charge in [-0.1, -0.05) is 6.07 Å². The van der Waals surface area contributed by atoms with Crippen molar-refractivity contribution < 1.29 is 19.1 Å². The molecule has 0 bridgehead atoms. The molecule has 1 aromatic heterocycles. The van der Waals surface area contributed by atoms with E-state index in [0.717, 1.165) is 44.1 Å². The van der Waals surface area contributed by atoms with Crippen molar-refractivity contribution in [2.75, 3.05) is 52.4 Å². The zero-order valence-corrected chi connectivity index (χ0v) is 16.3. The fourth-order valence-electron chi connectivity index (χ4n) is 3.34. The van der Waals surface area contributed by atoms with Crippen molar-refractivity contribution in [3.8, 4) is 17.2 Å². The molecule has 0 atom stereocenters. The summed E-state index contributed by atoms with van der Waals surface area (Å²) in [5.74, 6) is 2.67. The van der Waals surface area contributed by atoms with Crippen molar-refractivity contribution in [3.63, 3.8) is 0 Å². The summed E-state index contributed by atoms with van der Waals surface area (Å²) in [6, 6.07) is 7.06. The average Bonchev–Trinajstić information content (AvgIpc) is 2.73. The molecule has 9 heteroatoms. The molecule has 1 aromatic carbocycles. The molecule has 0 radical (unpaired) electrons. The third-order valence-corrected chi connectivity index (χ3v) is 4.82. The van der Waals surface area contributed by atoms with E-state index in [1.54, 1.807) is 27.4 Å². The first-order valence-electron chi connectivity index (χ1n) is 8.93. The molecule has 0 aliphatic carbocycles. The van der Waals surface area contributed by atoms with Gasteiger partial charge in [0.15, 0.2) is 11.5 Å².